The molecule has 3 N–H and O–H groups in total. The molecule has 60 valence electrons. The first-order valence-electron chi connectivity index (χ1n) is 4.24. The second-order valence-electron chi connectivity index (χ2n) is 3.28. The van der Waals surface area contributed by atoms with Gasteiger partial charge >= 0.3 is 0 Å². The summed E-state index contributed by atoms with van der Waals surface area (Å²) in [6.45, 7) is 5.56. The number of hydrogen-bond donors (Lipinski definition) is 2. The summed E-state index contributed by atoms with van der Waals surface area (Å²) < 4.78 is 0. The van der Waals surface area contributed by atoms with Crippen molar-refractivity contribution in [3.63, 3.8) is 0 Å². The van der Waals surface area contributed by atoms with E-state index < -0.39 is 0 Å². The average Bonchev–Trinajstić information content (AvgIpc) is 1.95. The fourth-order valence-electron chi connectivity index (χ4n) is 1.70. The van der Waals surface area contributed by atoms with E-state index in [-0.39, 0.29) is 0 Å². The third kappa shape index (κ3) is 1.50. The highest BCUT2D eigenvalue weighted by Crippen LogP contribution is 2.16. The molecular weight excluding hydrogens is 124 g/mol. The van der Waals surface area contributed by atoms with E-state index in [1.807, 2.05) is 0 Å². The minimum absolute atomic E-state index is 0.422. The molecule has 0 aliphatic carbocycles. The molecule has 0 aromatic rings. The van der Waals surface area contributed by atoms with Gasteiger partial charge in [-0.25, -0.2) is 0 Å². The topological polar surface area (TPSA) is 38.0 Å². The van der Waals surface area contributed by atoms with E-state index in [1.165, 1.54) is 6.42 Å². The van der Waals surface area contributed by atoms with Gasteiger partial charge in [0.1, 0.15) is 0 Å². The monoisotopic (exact) mass is 142 g/mol. The molecule has 0 spiro atoms. The first kappa shape index (κ1) is 8.02. The van der Waals surface area contributed by atoms with Crippen LogP contribution < -0.4 is 11.1 Å². The molecule has 1 heterocycles. The lowest BCUT2D eigenvalue weighted by molar-refractivity contribution is 0.257. The summed E-state index contributed by atoms with van der Waals surface area (Å²) in [5, 5.41) is 3.47. The Balaban J connectivity index is 2.42. The molecule has 10 heavy (non-hydrogen) atoms. The molecule has 0 bridgehead atoms. The summed E-state index contributed by atoms with van der Waals surface area (Å²) in [4.78, 5) is 0. The predicted molar refractivity (Wildman–Crippen MR) is 43.8 cm³/mol. The summed E-state index contributed by atoms with van der Waals surface area (Å²) in [6, 6.07) is 1.08. The normalized spacial score (nSPS) is 41.7. The zero-order chi connectivity index (χ0) is 7.56. The van der Waals surface area contributed by atoms with Gasteiger partial charge in [-0.2, -0.15) is 0 Å². The maximum atomic E-state index is 5.90. The van der Waals surface area contributed by atoms with Gasteiger partial charge in [0.15, 0.2) is 0 Å². The van der Waals surface area contributed by atoms with Crippen molar-refractivity contribution in [2.45, 2.75) is 38.8 Å². The van der Waals surface area contributed by atoms with Crippen LogP contribution in [0.5, 0.6) is 0 Å². The number of nitrogens with one attached hydrogen (secondary N) is 1. The molecule has 2 heteroatoms. The molecule has 0 amide bonds. The van der Waals surface area contributed by atoms with Crippen LogP contribution in [0.1, 0.15) is 26.7 Å². The molecule has 1 aliphatic rings. The largest absolute Gasteiger partial charge is 0.327 e. The Kier molecular flexibility index (Phi) is 2.69. The van der Waals surface area contributed by atoms with Gasteiger partial charge in [0, 0.05) is 12.1 Å². The smallest absolute Gasteiger partial charge is 0.0105 e. The van der Waals surface area contributed by atoms with Gasteiger partial charge in [-0.3, -0.25) is 0 Å². The van der Waals surface area contributed by atoms with E-state index in [0.29, 0.717) is 18.0 Å². The van der Waals surface area contributed by atoms with Crippen LogP contribution in [0.3, 0.4) is 0 Å². The van der Waals surface area contributed by atoms with E-state index in [9.17, 15) is 0 Å². The Hall–Kier alpha value is -0.0800. The summed E-state index contributed by atoms with van der Waals surface area (Å²) in [7, 11) is 0. The van der Waals surface area contributed by atoms with Gasteiger partial charge in [0.25, 0.3) is 0 Å². The summed E-state index contributed by atoms with van der Waals surface area (Å²) in [6.07, 6.45) is 2.34. The van der Waals surface area contributed by atoms with Crippen molar-refractivity contribution in [1.29, 1.82) is 0 Å². The molecule has 1 saturated heterocycles. The van der Waals surface area contributed by atoms with Crippen LogP contribution >= 0.6 is 0 Å². The highest BCUT2D eigenvalue weighted by atomic mass is 15.0. The number of nitrogens with two attached hydrogens (primary N) is 1. The van der Waals surface area contributed by atoms with Crippen molar-refractivity contribution >= 4 is 0 Å². The van der Waals surface area contributed by atoms with E-state index in [4.69, 9.17) is 5.73 Å². The molecule has 1 fully saturated rings. The van der Waals surface area contributed by atoms with Crippen LogP contribution in [-0.4, -0.2) is 18.6 Å². The third-order valence-corrected chi connectivity index (χ3v) is 2.63. The van der Waals surface area contributed by atoms with Crippen LogP contribution in [0.15, 0.2) is 0 Å². The van der Waals surface area contributed by atoms with Crippen molar-refractivity contribution in [2.75, 3.05) is 6.54 Å². The second kappa shape index (κ2) is 3.35. The highest BCUT2D eigenvalue weighted by Gasteiger charge is 2.24. The molecule has 1 aliphatic heterocycles. The summed E-state index contributed by atoms with van der Waals surface area (Å²) in [5.74, 6) is 0.652. The molecule has 0 radical (unpaired) electrons. The molecule has 1 unspecified atom stereocenters. The zero-order valence-electron chi connectivity index (χ0n) is 6.93. The van der Waals surface area contributed by atoms with Gasteiger partial charge in [0.05, 0.1) is 0 Å². The summed E-state index contributed by atoms with van der Waals surface area (Å²) >= 11 is 0. The Bertz CT molecular complexity index is 103. The van der Waals surface area contributed by atoms with Crippen LogP contribution in [-0.2, 0) is 0 Å². The fraction of sp³-hybridized carbons (Fsp3) is 1.00. The van der Waals surface area contributed by atoms with E-state index in [2.05, 4.69) is 19.2 Å². The van der Waals surface area contributed by atoms with Crippen molar-refractivity contribution in [2.24, 2.45) is 11.7 Å². The molecule has 2 nitrogen and oxygen atoms in total. The predicted octanol–water partition coefficient (Wildman–Crippen LogP) is 0.722. The number of hydrogen-bond acceptors (Lipinski definition) is 2. The van der Waals surface area contributed by atoms with E-state index in [0.717, 1.165) is 13.0 Å². The van der Waals surface area contributed by atoms with Crippen molar-refractivity contribution < 1.29 is 0 Å². The Morgan fingerprint density at radius 3 is 2.80 bits per heavy atom. The third-order valence-electron chi connectivity index (χ3n) is 2.63. The maximum absolute atomic E-state index is 5.90. The highest BCUT2D eigenvalue weighted by molar-refractivity contribution is 4.85. The van der Waals surface area contributed by atoms with Crippen LogP contribution in [0, 0.1) is 5.92 Å². The molecule has 0 saturated carbocycles. The van der Waals surface area contributed by atoms with Crippen LogP contribution in [0.4, 0.5) is 0 Å². The van der Waals surface area contributed by atoms with Crippen molar-refractivity contribution in [3.05, 3.63) is 0 Å². The Morgan fingerprint density at radius 1 is 1.60 bits per heavy atom. The molecule has 0 aromatic heterocycles. The molecule has 1 rings (SSSR count). The first-order valence-corrected chi connectivity index (χ1v) is 4.24. The lowest BCUT2D eigenvalue weighted by Crippen LogP contribution is -2.50. The SMILES string of the molecule is CC[C@H]1NCC[C@@H](N)C1C. The average molecular weight is 142 g/mol. The summed E-state index contributed by atoms with van der Waals surface area (Å²) in [5.41, 5.74) is 5.90. The zero-order valence-corrected chi connectivity index (χ0v) is 6.93. The molecule has 0 aromatic carbocycles. The van der Waals surface area contributed by atoms with Gasteiger partial charge < -0.3 is 11.1 Å². The first-order chi connectivity index (χ1) is 4.75. The maximum Gasteiger partial charge on any atom is 0.0105 e. The lowest BCUT2D eigenvalue weighted by atomic mass is 9.87. The fourth-order valence-corrected chi connectivity index (χ4v) is 1.70. The van der Waals surface area contributed by atoms with Crippen LogP contribution in [0.2, 0.25) is 0 Å². The molecular formula is C8H18N2. The van der Waals surface area contributed by atoms with Gasteiger partial charge in [-0.15, -0.1) is 0 Å². The minimum atomic E-state index is 0.422. The number of piperidine rings is 1. The van der Waals surface area contributed by atoms with Gasteiger partial charge in [-0.05, 0) is 25.3 Å². The molecule has 3 atom stereocenters. The van der Waals surface area contributed by atoms with Gasteiger partial charge in [0.2, 0.25) is 0 Å². The minimum Gasteiger partial charge on any atom is -0.327 e. The standard InChI is InChI=1S/C8H18N2/c1-3-8-6(2)7(9)4-5-10-8/h6-8,10H,3-5,9H2,1-2H3/t6?,7-,8-/m1/s1. The van der Waals surface area contributed by atoms with Crippen molar-refractivity contribution in [3.8, 4) is 0 Å². The van der Waals surface area contributed by atoms with E-state index >= 15 is 0 Å². The Morgan fingerprint density at radius 2 is 2.30 bits per heavy atom. The second-order valence-corrected chi connectivity index (χ2v) is 3.28. The van der Waals surface area contributed by atoms with Crippen LogP contribution in [0.25, 0.3) is 0 Å². The van der Waals surface area contributed by atoms with Crippen molar-refractivity contribution in [1.82, 2.24) is 5.32 Å². The quantitative estimate of drug-likeness (QED) is 0.566. The number of rotatable bonds is 1. The lowest BCUT2D eigenvalue weighted by Gasteiger charge is -2.34. The Labute approximate surface area is 63.2 Å². The van der Waals surface area contributed by atoms with E-state index in [1.54, 1.807) is 0 Å². The van der Waals surface area contributed by atoms with Gasteiger partial charge in [-0.1, -0.05) is 13.8 Å².